The molecular formula is C25H14Cl2F6N6O. The summed E-state index contributed by atoms with van der Waals surface area (Å²) < 4.78 is 84.1. The Hall–Kier alpha value is -4.10. The number of nitrogens with one attached hydrogen (secondary N) is 1. The molecule has 0 bridgehead atoms. The lowest BCUT2D eigenvalue weighted by molar-refractivity contribution is -0.291. The Bertz CT molecular complexity index is 1730. The zero-order valence-corrected chi connectivity index (χ0v) is 21.2. The molecule has 0 aliphatic carbocycles. The van der Waals surface area contributed by atoms with Crippen LogP contribution < -0.4 is 5.32 Å². The maximum atomic E-state index is 14.5. The lowest BCUT2D eigenvalue weighted by atomic mass is 10.1. The third-order valence-electron chi connectivity index (χ3n) is 5.71. The van der Waals surface area contributed by atoms with Crippen molar-refractivity contribution in [3.05, 3.63) is 99.7 Å². The lowest BCUT2D eigenvalue weighted by Crippen LogP contribution is -2.36. The highest BCUT2D eigenvalue weighted by molar-refractivity contribution is 6.35. The molecule has 3 heterocycles. The minimum Gasteiger partial charge on any atom is -0.304 e. The van der Waals surface area contributed by atoms with Crippen molar-refractivity contribution in [2.45, 2.75) is 18.6 Å². The number of anilines is 1. The molecule has 0 aliphatic rings. The molecule has 2 aromatic carbocycles. The van der Waals surface area contributed by atoms with Crippen molar-refractivity contribution in [1.29, 1.82) is 0 Å². The van der Waals surface area contributed by atoms with Gasteiger partial charge in [-0.25, -0.2) is 13.9 Å². The number of rotatable bonds is 6. The number of carbonyl (C=O) groups is 1. The summed E-state index contributed by atoms with van der Waals surface area (Å²) in [4.78, 5) is 16.9. The molecule has 0 saturated carbocycles. The average molecular weight is 599 g/mol. The summed E-state index contributed by atoms with van der Waals surface area (Å²) in [5, 5.41) is 11.1. The molecule has 0 saturated heterocycles. The number of hydrogen-bond acceptors (Lipinski definition) is 4. The Morgan fingerprint density at radius 2 is 1.65 bits per heavy atom. The Balaban J connectivity index is 1.47. The number of hydrogen-bond donors (Lipinski definition) is 1. The van der Waals surface area contributed by atoms with E-state index in [0.717, 1.165) is 18.2 Å². The maximum absolute atomic E-state index is 14.5. The number of carbonyl (C=O) groups excluding carboxylic acids is 1. The summed E-state index contributed by atoms with van der Waals surface area (Å²) in [6.07, 6.45) is -4.45. The van der Waals surface area contributed by atoms with Crippen molar-refractivity contribution >= 4 is 40.6 Å². The summed E-state index contributed by atoms with van der Waals surface area (Å²) in [5.41, 5.74) is -2.09. The topological polar surface area (TPSA) is 77.1 Å². The second-order valence-electron chi connectivity index (χ2n) is 8.49. The molecule has 40 heavy (non-hydrogen) atoms. The first-order valence-electron chi connectivity index (χ1n) is 11.2. The van der Waals surface area contributed by atoms with Gasteiger partial charge in [0.25, 0.3) is 5.91 Å². The van der Waals surface area contributed by atoms with E-state index in [-0.39, 0.29) is 28.1 Å². The first kappa shape index (κ1) is 27.5. The molecule has 0 unspecified atom stereocenters. The standard InChI is InChI=1S/C25H14Cl2F6N6O/c26-15-4-1-14(17(27)9-15)12-38-8-7-21(37-38)35-23(40)19-11-22-34-18(13-2-5-16(28)6-3-13)10-20(39(22)36-19)24(29,30)25(31,32)33/h1-11H,12H2,(H,35,37,40). The largest absolute Gasteiger partial charge is 0.459 e. The van der Waals surface area contributed by atoms with Crippen LogP contribution in [-0.2, 0) is 12.5 Å². The first-order valence-corrected chi connectivity index (χ1v) is 12.0. The molecule has 3 aromatic heterocycles. The van der Waals surface area contributed by atoms with E-state index in [2.05, 4.69) is 20.5 Å². The Labute approximate surface area is 231 Å². The number of halogens is 8. The predicted octanol–water partition coefficient (Wildman–Crippen LogP) is 6.99. The zero-order chi connectivity index (χ0) is 28.8. The third-order valence-corrected chi connectivity index (χ3v) is 6.29. The van der Waals surface area contributed by atoms with Crippen LogP contribution in [0.15, 0.2) is 66.9 Å². The zero-order valence-electron chi connectivity index (χ0n) is 19.7. The van der Waals surface area contributed by atoms with E-state index < -0.39 is 40.9 Å². The second kappa shape index (κ2) is 10.1. The van der Waals surface area contributed by atoms with Gasteiger partial charge in [0.2, 0.25) is 0 Å². The number of nitrogens with zero attached hydrogens (tertiary/aromatic N) is 5. The highest BCUT2D eigenvalue weighted by Gasteiger charge is 2.60. The van der Waals surface area contributed by atoms with Crippen LogP contribution in [0.25, 0.3) is 16.9 Å². The minimum absolute atomic E-state index is 0.0490. The molecule has 5 aromatic rings. The fraction of sp³-hybridized carbons (Fsp3) is 0.120. The first-order chi connectivity index (χ1) is 18.8. The molecule has 0 spiro atoms. The smallest absolute Gasteiger partial charge is 0.304 e. The van der Waals surface area contributed by atoms with Crippen molar-refractivity contribution in [3.63, 3.8) is 0 Å². The normalized spacial score (nSPS) is 12.2. The number of aromatic nitrogens is 5. The minimum atomic E-state index is -5.98. The molecule has 7 nitrogen and oxygen atoms in total. The summed E-state index contributed by atoms with van der Waals surface area (Å²) in [5.74, 6) is -6.89. The number of benzene rings is 2. The van der Waals surface area contributed by atoms with Gasteiger partial charge in [0, 0.05) is 33.9 Å². The van der Waals surface area contributed by atoms with E-state index in [4.69, 9.17) is 23.2 Å². The Morgan fingerprint density at radius 1 is 0.925 bits per heavy atom. The summed E-state index contributed by atoms with van der Waals surface area (Å²) in [6, 6.07) is 12.1. The summed E-state index contributed by atoms with van der Waals surface area (Å²) >= 11 is 12.1. The highest BCUT2D eigenvalue weighted by atomic mass is 35.5. The molecule has 0 atom stereocenters. The van der Waals surface area contributed by atoms with Gasteiger partial charge in [-0.3, -0.25) is 9.48 Å². The highest BCUT2D eigenvalue weighted by Crippen LogP contribution is 2.44. The van der Waals surface area contributed by atoms with E-state index in [0.29, 0.717) is 21.7 Å². The molecule has 206 valence electrons. The second-order valence-corrected chi connectivity index (χ2v) is 9.34. The third kappa shape index (κ3) is 5.34. The fourth-order valence-corrected chi connectivity index (χ4v) is 4.21. The van der Waals surface area contributed by atoms with Crippen LogP contribution >= 0.6 is 23.2 Å². The van der Waals surface area contributed by atoms with Gasteiger partial charge in [0.1, 0.15) is 11.5 Å². The van der Waals surface area contributed by atoms with Crippen molar-refractivity contribution in [2.24, 2.45) is 0 Å². The van der Waals surface area contributed by atoms with Gasteiger partial charge < -0.3 is 5.32 Å². The van der Waals surface area contributed by atoms with Gasteiger partial charge in [-0.15, -0.1) is 0 Å². The van der Waals surface area contributed by atoms with Crippen molar-refractivity contribution < 1.29 is 31.1 Å². The van der Waals surface area contributed by atoms with E-state index in [9.17, 15) is 31.1 Å². The SMILES string of the molecule is O=C(Nc1ccn(Cc2ccc(Cl)cc2Cl)n1)c1cc2nc(-c3ccc(F)cc3)cc(C(F)(F)C(F)(F)F)n2n1. The summed E-state index contributed by atoms with van der Waals surface area (Å²) in [6.45, 7) is 0.228. The van der Waals surface area contributed by atoms with Crippen LogP contribution in [0.3, 0.4) is 0 Å². The van der Waals surface area contributed by atoms with Gasteiger partial charge in [-0.1, -0.05) is 29.3 Å². The molecular weight excluding hydrogens is 585 g/mol. The number of fused-ring (bicyclic) bond motifs is 1. The molecule has 0 aliphatic heterocycles. The van der Waals surface area contributed by atoms with Gasteiger partial charge in [-0.05, 0) is 48.0 Å². The average Bonchev–Trinajstić information content (AvgIpc) is 3.51. The fourth-order valence-electron chi connectivity index (χ4n) is 3.74. The van der Waals surface area contributed by atoms with Crippen LogP contribution in [-0.4, -0.2) is 36.5 Å². The number of alkyl halides is 5. The lowest BCUT2D eigenvalue weighted by Gasteiger charge is -2.21. The quantitative estimate of drug-likeness (QED) is 0.214. The Kier molecular flexibility index (Phi) is 6.96. The van der Waals surface area contributed by atoms with Gasteiger partial charge in [0.15, 0.2) is 17.2 Å². The van der Waals surface area contributed by atoms with Gasteiger partial charge >= 0.3 is 12.1 Å². The van der Waals surface area contributed by atoms with E-state index >= 15 is 0 Å². The molecule has 0 radical (unpaired) electrons. The van der Waals surface area contributed by atoms with Crippen molar-refractivity contribution in [1.82, 2.24) is 24.4 Å². The monoisotopic (exact) mass is 598 g/mol. The van der Waals surface area contributed by atoms with Crippen LogP contribution in [0, 0.1) is 5.82 Å². The maximum Gasteiger partial charge on any atom is 0.459 e. The van der Waals surface area contributed by atoms with Crippen LogP contribution in [0.1, 0.15) is 21.7 Å². The van der Waals surface area contributed by atoms with Gasteiger partial charge in [0.05, 0.1) is 12.2 Å². The van der Waals surface area contributed by atoms with Crippen LogP contribution in [0.4, 0.5) is 32.2 Å². The molecule has 1 amide bonds. The molecule has 5 rings (SSSR count). The summed E-state index contributed by atoms with van der Waals surface area (Å²) in [7, 11) is 0. The van der Waals surface area contributed by atoms with E-state index in [1.54, 1.807) is 18.2 Å². The number of amides is 1. The van der Waals surface area contributed by atoms with Gasteiger partial charge in [-0.2, -0.15) is 32.1 Å². The van der Waals surface area contributed by atoms with Crippen LogP contribution in [0.2, 0.25) is 10.0 Å². The van der Waals surface area contributed by atoms with E-state index in [1.165, 1.54) is 29.1 Å². The molecule has 1 N–H and O–H groups in total. The van der Waals surface area contributed by atoms with E-state index in [1.807, 2.05) is 0 Å². The predicted molar refractivity (Wildman–Crippen MR) is 134 cm³/mol. The van der Waals surface area contributed by atoms with Crippen molar-refractivity contribution in [2.75, 3.05) is 5.32 Å². The molecule has 0 fully saturated rings. The van der Waals surface area contributed by atoms with Crippen LogP contribution in [0.5, 0.6) is 0 Å². The Morgan fingerprint density at radius 3 is 2.33 bits per heavy atom. The van der Waals surface area contributed by atoms with Crippen molar-refractivity contribution in [3.8, 4) is 11.3 Å². The molecule has 15 heteroatoms.